The highest BCUT2D eigenvalue weighted by molar-refractivity contribution is 5.79. The summed E-state index contributed by atoms with van der Waals surface area (Å²) in [5.74, 6) is -0.153. The normalized spacial score (nSPS) is 10.9. The molecule has 122 valence electrons. The van der Waals surface area contributed by atoms with Crippen LogP contribution in [0.1, 0.15) is 0 Å². The summed E-state index contributed by atoms with van der Waals surface area (Å²) in [5, 5.41) is 15.6. The van der Waals surface area contributed by atoms with Crippen molar-refractivity contribution >= 4 is 17.2 Å². The summed E-state index contributed by atoms with van der Waals surface area (Å²) in [6.07, 6.45) is 0. The molecule has 0 aliphatic carbocycles. The summed E-state index contributed by atoms with van der Waals surface area (Å²) in [4.78, 5) is 15.3. The van der Waals surface area contributed by atoms with Crippen molar-refractivity contribution in [3.05, 3.63) is 76.8 Å². The molecule has 2 heterocycles. The van der Waals surface area contributed by atoms with Gasteiger partial charge in [0.2, 0.25) is 11.5 Å². The van der Waals surface area contributed by atoms with Crippen LogP contribution >= 0.6 is 0 Å². The molecular formula is C18H13N5O2. The summed E-state index contributed by atoms with van der Waals surface area (Å²) in [6, 6.07) is 20.9. The zero-order chi connectivity index (χ0) is 17.4. The molecule has 4 aromatic rings. The third-order valence-electron chi connectivity index (χ3n) is 3.91. The second kappa shape index (κ2) is 5.72. The van der Waals surface area contributed by atoms with Gasteiger partial charge in [-0.15, -0.1) is 5.10 Å². The number of nitrogen functional groups attached to an aromatic ring is 1. The maximum Gasteiger partial charge on any atom is 0.357 e. The van der Waals surface area contributed by atoms with E-state index in [4.69, 9.17) is 5.73 Å². The Hall–Kier alpha value is -3.74. The Morgan fingerprint density at radius 2 is 1.56 bits per heavy atom. The minimum Gasteiger partial charge on any atom is -0.376 e. The highest BCUT2D eigenvalue weighted by Crippen LogP contribution is 2.32. The molecule has 0 fully saturated rings. The van der Waals surface area contributed by atoms with E-state index in [0.717, 1.165) is 11.1 Å². The second-order valence-corrected chi connectivity index (χ2v) is 5.49. The molecule has 0 saturated carbocycles. The molecule has 2 N–H and O–H groups in total. The van der Waals surface area contributed by atoms with Gasteiger partial charge in [0.25, 0.3) is 0 Å². The number of hydrogen-bond acceptors (Lipinski definition) is 5. The van der Waals surface area contributed by atoms with Gasteiger partial charge in [0.15, 0.2) is 0 Å². The van der Waals surface area contributed by atoms with Crippen LogP contribution in [0, 0.1) is 10.1 Å². The quantitative estimate of drug-likeness (QED) is 0.457. The van der Waals surface area contributed by atoms with Crippen LogP contribution in [0.4, 0.5) is 11.5 Å². The van der Waals surface area contributed by atoms with Crippen molar-refractivity contribution in [2.45, 2.75) is 0 Å². The summed E-state index contributed by atoms with van der Waals surface area (Å²) >= 11 is 0. The average molecular weight is 331 g/mol. The van der Waals surface area contributed by atoms with E-state index in [1.807, 2.05) is 66.7 Å². The lowest BCUT2D eigenvalue weighted by Crippen LogP contribution is -1.99. The largest absolute Gasteiger partial charge is 0.376 e. The first-order valence-corrected chi connectivity index (χ1v) is 7.59. The van der Waals surface area contributed by atoms with Gasteiger partial charge < -0.3 is 5.73 Å². The lowest BCUT2D eigenvalue weighted by molar-refractivity contribution is -0.382. The van der Waals surface area contributed by atoms with Gasteiger partial charge in [0, 0.05) is 11.1 Å². The average Bonchev–Trinajstić information content (AvgIpc) is 2.98. The van der Waals surface area contributed by atoms with Crippen molar-refractivity contribution in [2.75, 3.05) is 5.73 Å². The molecule has 4 rings (SSSR count). The first-order valence-electron chi connectivity index (χ1n) is 7.59. The lowest BCUT2D eigenvalue weighted by Gasteiger charge is -2.08. The van der Waals surface area contributed by atoms with Gasteiger partial charge in [-0.25, -0.2) is 9.50 Å². The highest BCUT2D eigenvalue weighted by Gasteiger charge is 2.25. The number of anilines is 1. The topological polar surface area (TPSA) is 99.3 Å². The van der Waals surface area contributed by atoms with Crippen LogP contribution in [0.15, 0.2) is 66.7 Å². The molecule has 0 amide bonds. The summed E-state index contributed by atoms with van der Waals surface area (Å²) < 4.78 is 1.43. The molecule has 25 heavy (non-hydrogen) atoms. The molecule has 0 saturated heterocycles. The molecule has 0 unspecified atom stereocenters. The zero-order valence-electron chi connectivity index (χ0n) is 13.0. The van der Waals surface area contributed by atoms with E-state index in [0.29, 0.717) is 11.4 Å². The molecule has 0 atom stereocenters. The van der Waals surface area contributed by atoms with Crippen LogP contribution < -0.4 is 5.73 Å². The third kappa shape index (κ3) is 2.47. The Balaban J connectivity index is 2.09. The van der Waals surface area contributed by atoms with Gasteiger partial charge in [-0.3, -0.25) is 10.1 Å². The monoisotopic (exact) mass is 331 g/mol. The number of fused-ring (bicyclic) bond motifs is 1. The molecular weight excluding hydrogens is 318 g/mol. The lowest BCUT2D eigenvalue weighted by atomic mass is 10.1. The zero-order valence-corrected chi connectivity index (χ0v) is 13.0. The third-order valence-corrected chi connectivity index (χ3v) is 3.91. The Morgan fingerprint density at radius 1 is 0.960 bits per heavy atom. The number of benzene rings is 2. The maximum atomic E-state index is 11.4. The van der Waals surface area contributed by atoms with E-state index in [1.54, 1.807) is 0 Å². The van der Waals surface area contributed by atoms with Crippen LogP contribution in [0.5, 0.6) is 0 Å². The molecule has 2 aromatic heterocycles. The fourth-order valence-electron chi connectivity index (χ4n) is 2.77. The number of nitro groups is 1. The predicted octanol–water partition coefficient (Wildman–Crippen LogP) is 3.55. The number of aromatic nitrogens is 3. The van der Waals surface area contributed by atoms with Crippen molar-refractivity contribution in [3.63, 3.8) is 0 Å². The first-order chi connectivity index (χ1) is 12.1. The van der Waals surface area contributed by atoms with E-state index in [1.165, 1.54) is 4.52 Å². The van der Waals surface area contributed by atoms with E-state index in [9.17, 15) is 10.1 Å². The van der Waals surface area contributed by atoms with Crippen molar-refractivity contribution in [1.29, 1.82) is 0 Å². The van der Waals surface area contributed by atoms with Crippen molar-refractivity contribution in [2.24, 2.45) is 0 Å². The van der Waals surface area contributed by atoms with E-state index in [2.05, 4.69) is 10.1 Å². The minimum atomic E-state index is -0.547. The van der Waals surface area contributed by atoms with Crippen LogP contribution in [0.3, 0.4) is 0 Å². The van der Waals surface area contributed by atoms with Gasteiger partial charge in [-0.2, -0.15) is 0 Å². The first kappa shape index (κ1) is 14.8. The van der Waals surface area contributed by atoms with Gasteiger partial charge in [0.05, 0.1) is 16.3 Å². The molecule has 7 nitrogen and oxygen atoms in total. The fraction of sp³-hybridized carbons (Fsp3) is 0. The van der Waals surface area contributed by atoms with Gasteiger partial charge in [0.1, 0.15) is 0 Å². The Bertz CT molecular complexity index is 1080. The molecule has 0 spiro atoms. The molecule has 7 heteroatoms. The summed E-state index contributed by atoms with van der Waals surface area (Å²) in [6.45, 7) is 0. The molecule has 2 aromatic carbocycles. The van der Waals surface area contributed by atoms with Crippen LogP contribution in [-0.2, 0) is 0 Å². The number of nitrogens with zero attached hydrogens (tertiary/aromatic N) is 4. The SMILES string of the molecule is Nc1nn2c(-c3ccccc3)cc(-c3ccccc3)nc2c1[N+](=O)[O-]. The van der Waals surface area contributed by atoms with E-state index >= 15 is 0 Å². The van der Waals surface area contributed by atoms with Crippen LogP contribution in [0.2, 0.25) is 0 Å². The maximum absolute atomic E-state index is 11.4. The van der Waals surface area contributed by atoms with Gasteiger partial charge in [-0.1, -0.05) is 60.7 Å². The molecule has 0 radical (unpaired) electrons. The highest BCUT2D eigenvalue weighted by atomic mass is 16.6. The van der Waals surface area contributed by atoms with E-state index < -0.39 is 4.92 Å². The Kier molecular flexibility index (Phi) is 3.39. The summed E-state index contributed by atoms with van der Waals surface area (Å²) in [7, 11) is 0. The van der Waals surface area contributed by atoms with Crippen LogP contribution in [0.25, 0.3) is 28.2 Å². The Labute approximate surface area is 142 Å². The second-order valence-electron chi connectivity index (χ2n) is 5.49. The summed E-state index contributed by atoms with van der Waals surface area (Å²) in [5.41, 5.74) is 8.65. The van der Waals surface area contributed by atoms with Crippen molar-refractivity contribution < 1.29 is 4.92 Å². The Morgan fingerprint density at radius 3 is 2.16 bits per heavy atom. The minimum absolute atomic E-state index is 0.128. The van der Waals surface area contributed by atoms with Crippen molar-refractivity contribution in [1.82, 2.24) is 14.6 Å². The van der Waals surface area contributed by atoms with Gasteiger partial charge in [-0.05, 0) is 6.07 Å². The molecule has 0 aliphatic rings. The number of nitrogens with two attached hydrogens (primary N) is 1. The van der Waals surface area contributed by atoms with E-state index in [-0.39, 0.29) is 17.2 Å². The predicted molar refractivity (Wildman–Crippen MR) is 94.9 cm³/mol. The number of hydrogen-bond donors (Lipinski definition) is 1. The molecule has 0 aliphatic heterocycles. The van der Waals surface area contributed by atoms with Crippen LogP contribution in [-0.4, -0.2) is 19.5 Å². The molecule has 0 bridgehead atoms. The standard InChI is InChI=1S/C18H13N5O2/c19-17-16(23(24)25)18-20-14(12-7-3-1-4-8-12)11-15(22(18)21-17)13-9-5-2-6-10-13/h1-11H,(H2,19,21). The van der Waals surface area contributed by atoms with Crippen molar-refractivity contribution in [3.8, 4) is 22.5 Å². The fourth-order valence-corrected chi connectivity index (χ4v) is 2.77. The smallest absolute Gasteiger partial charge is 0.357 e. The number of rotatable bonds is 3. The van der Waals surface area contributed by atoms with Gasteiger partial charge >= 0.3 is 5.69 Å².